The van der Waals surface area contributed by atoms with Gasteiger partial charge in [-0.1, -0.05) is 25.3 Å². The second-order valence-corrected chi connectivity index (χ2v) is 13.0. The zero-order chi connectivity index (χ0) is 38.0. The molecule has 0 radical (unpaired) electrons. The average molecular weight is 706 g/mol. The standard InChI is InChI=1S/C40H43N5O7/c1-8-23-22(6)38-37(40(52)27(41-7)12-15-36(50)51)39-24(9-2)19(3)30(44-39)16-28-20(4)25(10-13-34(46)47)32(42-28)18-33-26(11-14-35(48)49)21(5)29(43-33)17-31(23)45-38/h8-9,16-18,27,41,43-44H,1-2,10-15H2,3-7H3,(H,46,47)(H,48,49)(H,50,51)/t27-/m0/s1. The zero-order valence-electron chi connectivity index (χ0n) is 30.0. The molecule has 0 saturated carbocycles. The topological polar surface area (TPSA) is 198 Å². The van der Waals surface area contributed by atoms with Crippen molar-refractivity contribution in [1.82, 2.24) is 25.3 Å². The lowest BCUT2D eigenvalue weighted by Gasteiger charge is -2.16. The SMILES string of the molecule is C=CC1=C(C)c2nc1cc1[nH]c(cc3nc(cc4[nH]c(c(C=C)c4C)c2C(=O)[C@H](CCC(=O)O)NC)C(C)=C3CCC(=O)O)c(CCC(=O)O)c1C. The summed E-state index contributed by atoms with van der Waals surface area (Å²) in [6.07, 6.45) is 3.38. The van der Waals surface area contributed by atoms with Crippen molar-refractivity contribution in [3.8, 4) is 0 Å². The number of aliphatic carboxylic acids is 3. The Labute approximate surface area is 300 Å². The highest BCUT2D eigenvalue weighted by molar-refractivity contribution is 6.13. The van der Waals surface area contributed by atoms with Gasteiger partial charge in [-0.05, 0) is 106 Å². The predicted octanol–water partition coefficient (Wildman–Crippen LogP) is 7.14. The van der Waals surface area contributed by atoms with Crippen molar-refractivity contribution >= 4 is 74.1 Å². The minimum atomic E-state index is -1.02. The fourth-order valence-corrected chi connectivity index (χ4v) is 6.97. The summed E-state index contributed by atoms with van der Waals surface area (Å²) in [6.45, 7) is 15.6. The summed E-state index contributed by atoms with van der Waals surface area (Å²) in [7, 11) is 1.61. The van der Waals surface area contributed by atoms with Gasteiger partial charge in [-0.15, -0.1) is 0 Å². The molecule has 5 rings (SSSR count). The normalized spacial score (nSPS) is 13.3. The number of nitrogens with zero attached hydrogens (tertiary/aromatic N) is 2. The molecule has 0 fully saturated rings. The number of aryl methyl sites for hydroxylation is 3. The predicted molar refractivity (Wildman–Crippen MR) is 203 cm³/mol. The molecular weight excluding hydrogens is 662 g/mol. The van der Waals surface area contributed by atoms with E-state index in [1.54, 1.807) is 19.2 Å². The Kier molecular flexibility index (Phi) is 10.9. The van der Waals surface area contributed by atoms with E-state index in [1.807, 2.05) is 45.9 Å². The molecule has 0 amide bonds. The van der Waals surface area contributed by atoms with Crippen molar-refractivity contribution in [2.45, 2.75) is 72.3 Å². The van der Waals surface area contributed by atoms with Gasteiger partial charge in [-0.3, -0.25) is 19.2 Å². The minimum Gasteiger partial charge on any atom is -0.481 e. The first-order valence-corrected chi connectivity index (χ1v) is 17.0. The number of carbonyl (C=O) groups is 4. The number of hydrogen-bond acceptors (Lipinski definition) is 7. The molecule has 2 aliphatic rings. The number of aromatic nitrogens is 4. The number of carboxylic acids is 3. The number of nitrogens with one attached hydrogen (secondary N) is 3. The molecule has 6 N–H and O–H groups in total. The first-order chi connectivity index (χ1) is 24.7. The van der Waals surface area contributed by atoms with E-state index in [0.29, 0.717) is 61.6 Å². The summed E-state index contributed by atoms with van der Waals surface area (Å²) in [5.74, 6) is -3.27. The Hall–Kier alpha value is -5.88. The zero-order valence-corrected chi connectivity index (χ0v) is 30.0. The lowest BCUT2D eigenvalue weighted by molar-refractivity contribution is -0.138. The molecule has 0 unspecified atom stereocenters. The molecule has 0 saturated heterocycles. The lowest BCUT2D eigenvalue weighted by atomic mass is 9.94. The highest BCUT2D eigenvalue weighted by atomic mass is 16.4. The molecule has 12 heteroatoms. The number of likely N-dealkylation sites (N-methyl/N-ethyl adjacent to an activating group) is 1. The van der Waals surface area contributed by atoms with Crippen LogP contribution in [0.1, 0.15) is 101 Å². The lowest BCUT2D eigenvalue weighted by Crippen LogP contribution is -2.35. The van der Waals surface area contributed by atoms with Crippen LogP contribution in [-0.2, 0) is 20.8 Å². The van der Waals surface area contributed by atoms with Crippen LogP contribution in [0.15, 0.2) is 37.4 Å². The first-order valence-electron chi connectivity index (χ1n) is 17.0. The van der Waals surface area contributed by atoms with Gasteiger partial charge in [-0.25, -0.2) is 9.97 Å². The van der Waals surface area contributed by atoms with Crippen molar-refractivity contribution in [2.24, 2.45) is 0 Å². The minimum absolute atomic E-state index is 0.0436. The summed E-state index contributed by atoms with van der Waals surface area (Å²) in [6, 6.07) is 4.69. The number of allylic oxidation sites excluding steroid dienone is 5. The molecule has 1 atom stereocenters. The van der Waals surface area contributed by atoms with E-state index in [0.717, 1.165) is 27.8 Å². The highest BCUT2D eigenvalue weighted by Crippen LogP contribution is 2.38. The molecule has 5 heterocycles. The molecular formula is C40H43N5O7. The fourth-order valence-electron chi connectivity index (χ4n) is 6.97. The van der Waals surface area contributed by atoms with Crippen LogP contribution >= 0.6 is 0 Å². The number of Topliss-reactive ketones (excluding diaryl/α,β-unsaturated/α-hetero) is 1. The van der Waals surface area contributed by atoms with Crippen molar-refractivity contribution in [2.75, 3.05) is 7.05 Å². The monoisotopic (exact) mass is 705 g/mol. The van der Waals surface area contributed by atoms with Crippen LogP contribution in [0.3, 0.4) is 0 Å². The maximum absolute atomic E-state index is 14.6. The van der Waals surface area contributed by atoms with Crippen molar-refractivity contribution in [1.29, 1.82) is 0 Å². The molecule has 2 aliphatic heterocycles. The Morgan fingerprint density at radius 3 is 2.00 bits per heavy atom. The number of carbonyl (C=O) groups excluding carboxylic acids is 1. The molecule has 52 heavy (non-hydrogen) atoms. The van der Waals surface area contributed by atoms with Crippen LogP contribution in [0.4, 0.5) is 0 Å². The molecule has 0 aliphatic carbocycles. The summed E-state index contributed by atoms with van der Waals surface area (Å²) in [4.78, 5) is 66.5. The van der Waals surface area contributed by atoms with E-state index in [1.165, 1.54) is 0 Å². The van der Waals surface area contributed by atoms with Gasteiger partial charge in [0.25, 0.3) is 0 Å². The van der Waals surface area contributed by atoms with Crippen molar-refractivity contribution in [3.05, 3.63) is 88.0 Å². The summed E-state index contributed by atoms with van der Waals surface area (Å²) >= 11 is 0. The molecule has 0 aromatic carbocycles. The number of carboxylic acid groups (broad SMARTS) is 3. The van der Waals surface area contributed by atoms with E-state index in [-0.39, 0.29) is 49.9 Å². The number of hydrogen-bond donors (Lipinski definition) is 6. The molecule has 0 spiro atoms. The number of rotatable bonds is 14. The Balaban J connectivity index is 2.01. The third kappa shape index (κ3) is 7.15. The molecule has 3 aromatic rings. The highest BCUT2D eigenvalue weighted by Gasteiger charge is 2.29. The maximum atomic E-state index is 14.6. The average Bonchev–Trinajstić information content (AvgIpc) is 3.76. The molecule has 270 valence electrons. The van der Waals surface area contributed by atoms with Crippen LogP contribution in [-0.4, -0.2) is 72.0 Å². The van der Waals surface area contributed by atoms with E-state index < -0.39 is 23.9 Å². The van der Waals surface area contributed by atoms with Gasteiger partial charge < -0.3 is 30.6 Å². The molecule has 8 bridgehead atoms. The van der Waals surface area contributed by atoms with Gasteiger partial charge in [0, 0.05) is 46.9 Å². The van der Waals surface area contributed by atoms with Crippen molar-refractivity contribution < 1.29 is 34.5 Å². The van der Waals surface area contributed by atoms with E-state index in [4.69, 9.17) is 9.97 Å². The Bertz CT molecular complexity index is 2290. The number of aromatic amines is 2. The number of fused-ring (bicyclic) bond motifs is 8. The van der Waals surface area contributed by atoms with Crippen LogP contribution in [0.2, 0.25) is 0 Å². The van der Waals surface area contributed by atoms with E-state index >= 15 is 0 Å². The third-order valence-electron chi connectivity index (χ3n) is 9.92. The van der Waals surface area contributed by atoms with Crippen molar-refractivity contribution in [3.63, 3.8) is 0 Å². The smallest absolute Gasteiger partial charge is 0.303 e. The van der Waals surface area contributed by atoms with Crippen LogP contribution in [0.25, 0.3) is 50.4 Å². The maximum Gasteiger partial charge on any atom is 0.303 e. The van der Waals surface area contributed by atoms with E-state index in [2.05, 4.69) is 28.4 Å². The third-order valence-corrected chi connectivity index (χ3v) is 9.92. The Morgan fingerprint density at radius 2 is 1.38 bits per heavy atom. The van der Waals surface area contributed by atoms with Gasteiger partial charge in [0.05, 0.1) is 39.9 Å². The van der Waals surface area contributed by atoms with Crippen LogP contribution < -0.4 is 5.32 Å². The molecule has 12 nitrogen and oxygen atoms in total. The largest absolute Gasteiger partial charge is 0.481 e. The fraction of sp³-hybridized carbons (Fsp3) is 0.300. The van der Waals surface area contributed by atoms with Gasteiger partial charge in [0.2, 0.25) is 0 Å². The van der Waals surface area contributed by atoms with Crippen LogP contribution in [0, 0.1) is 13.8 Å². The number of H-pyrrole nitrogens is 2. The quantitative estimate of drug-likeness (QED) is 0.0937. The number of ketones is 1. The van der Waals surface area contributed by atoms with E-state index in [9.17, 15) is 34.5 Å². The summed E-state index contributed by atoms with van der Waals surface area (Å²) in [5, 5.41) is 31.6. The Morgan fingerprint density at radius 1 is 0.769 bits per heavy atom. The summed E-state index contributed by atoms with van der Waals surface area (Å²) < 4.78 is 0. The van der Waals surface area contributed by atoms with Crippen LogP contribution in [0.5, 0.6) is 0 Å². The second-order valence-electron chi connectivity index (χ2n) is 13.0. The van der Waals surface area contributed by atoms with Gasteiger partial charge in [0.15, 0.2) is 5.78 Å². The van der Waals surface area contributed by atoms with Gasteiger partial charge >= 0.3 is 17.9 Å². The molecule has 3 aromatic heterocycles. The first kappa shape index (κ1) is 37.4. The van der Waals surface area contributed by atoms with Gasteiger partial charge in [-0.2, -0.15) is 0 Å². The second kappa shape index (κ2) is 15.2. The summed E-state index contributed by atoms with van der Waals surface area (Å²) in [5.41, 5.74) is 10.7. The van der Waals surface area contributed by atoms with Gasteiger partial charge in [0.1, 0.15) is 0 Å².